The number of benzene rings is 1. The molecule has 0 saturated heterocycles. The highest BCUT2D eigenvalue weighted by atomic mass is 79.9. The van der Waals surface area contributed by atoms with Crippen LogP contribution >= 0.6 is 15.9 Å². The van der Waals surface area contributed by atoms with Crippen molar-refractivity contribution in [1.29, 1.82) is 0 Å². The number of anilines is 1. The van der Waals surface area contributed by atoms with Crippen molar-refractivity contribution in [3.05, 3.63) is 28.2 Å². The second-order valence-electron chi connectivity index (χ2n) is 5.69. The van der Waals surface area contributed by atoms with Crippen LogP contribution in [-0.2, 0) is 6.54 Å². The fraction of sp³-hybridized carbons (Fsp3) is 0.600. The molecule has 2 nitrogen and oxygen atoms in total. The van der Waals surface area contributed by atoms with Crippen LogP contribution in [0.1, 0.15) is 38.2 Å². The van der Waals surface area contributed by atoms with Crippen LogP contribution in [0.15, 0.2) is 22.7 Å². The normalized spacial score (nSPS) is 24.4. The van der Waals surface area contributed by atoms with E-state index in [2.05, 4.69) is 40.9 Å². The quantitative estimate of drug-likeness (QED) is 0.854. The van der Waals surface area contributed by atoms with E-state index >= 15 is 0 Å². The molecule has 1 aromatic carbocycles. The van der Waals surface area contributed by atoms with Gasteiger partial charge in [0.2, 0.25) is 0 Å². The number of nitrogens with zero attached hydrogens (tertiary/aromatic N) is 1. The molecular weight excluding hydrogens is 288 g/mol. The van der Waals surface area contributed by atoms with E-state index in [-0.39, 0.29) is 0 Å². The number of hydrogen-bond donors (Lipinski definition) is 1. The Morgan fingerprint density at radius 1 is 1.39 bits per heavy atom. The molecule has 1 aromatic rings. The minimum absolute atomic E-state index is 0.734. The largest absolute Gasteiger partial charge is 0.399 e. The first kappa shape index (κ1) is 13.9. The van der Waals surface area contributed by atoms with Crippen molar-refractivity contribution in [2.75, 3.05) is 12.8 Å². The highest BCUT2D eigenvalue weighted by molar-refractivity contribution is 9.10. The van der Waals surface area contributed by atoms with Crippen LogP contribution in [0.2, 0.25) is 0 Å². The van der Waals surface area contributed by atoms with Gasteiger partial charge < -0.3 is 5.73 Å². The Bertz CT molecular complexity index is 405. The number of hydrogen-bond acceptors (Lipinski definition) is 2. The zero-order valence-electron chi connectivity index (χ0n) is 11.3. The lowest BCUT2D eigenvalue weighted by Crippen LogP contribution is -2.35. The van der Waals surface area contributed by atoms with Gasteiger partial charge in [0.1, 0.15) is 0 Å². The molecule has 2 rings (SSSR count). The third-order valence-corrected chi connectivity index (χ3v) is 4.77. The summed E-state index contributed by atoms with van der Waals surface area (Å²) in [7, 11) is 2.24. The fourth-order valence-electron chi connectivity index (χ4n) is 2.89. The lowest BCUT2D eigenvalue weighted by molar-refractivity contribution is 0.157. The lowest BCUT2D eigenvalue weighted by atomic mass is 9.86. The molecule has 1 saturated carbocycles. The Morgan fingerprint density at radius 2 is 2.17 bits per heavy atom. The Morgan fingerprint density at radius 3 is 2.83 bits per heavy atom. The summed E-state index contributed by atoms with van der Waals surface area (Å²) < 4.78 is 1.12. The van der Waals surface area contributed by atoms with Crippen molar-refractivity contribution in [3.8, 4) is 0 Å². The first-order valence-electron chi connectivity index (χ1n) is 6.80. The van der Waals surface area contributed by atoms with Gasteiger partial charge in [0.05, 0.1) is 0 Å². The zero-order chi connectivity index (χ0) is 13.1. The van der Waals surface area contributed by atoms with Gasteiger partial charge in [-0.15, -0.1) is 0 Å². The number of nitrogens with two attached hydrogens (primary N) is 1. The molecule has 2 atom stereocenters. The maximum atomic E-state index is 5.78. The topological polar surface area (TPSA) is 29.3 Å². The third-order valence-electron chi connectivity index (χ3n) is 4.03. The van der Waals surface area contributed by atoms with E-state index in [9.17, 15) is 0 Å². The van der Waals surface area contributed by atoms with Gasteiger partial charge in [-0.25, -0.2) is 0 Å². The molecule has 1 aliphatic rings. The second-order valence-corrected chi connectivity index (χ2v) is 6.55. The maximum absolute atomic E-state index is 5.78. The van der Waals surface area contributed by atoms with Gasteiger partial charge in [-0.2, -0.15) is 0 Å². The molecule has 0 radical (unpaired) electrons. The smallest absolute Gasteiger partial charge is 0.0325 e. The molecule has 2 unspecified atom stereocenters. The summed E-state index contributed by atoms with van der Waals surface area (Å²) in [6.45, 7) is 3.37. The summed E-state index contributed by atoms with van der Waals surface area (Å²) in [5, 5.41) is 0. The molecule has 1 fully saturated rings. The number of rotatable bonds is 3. The summed E-state index contributed by atoms with van der Waals surface area (Å²) in [4.78, 5) is 2.49. The van der Waals surface area contributed by atoms with Crippen molar-refractivity contribution in [1.82, 2.24) is 4.90 Å². The summed E-state index contributed by atoms with van der Waals surface area (Å²) in [5.41, 5.74) is 7.92. The minimum atomic E-state index is 0.734. The van der Waals surface area contributed by atoms with Crippen LogP contribution in [0, 0.1) is 5.92 Å². The maximum Gasteiger partial charge on any atom is 0.0325 e. The van der Waals surface area contributed by atoms with Gasteiger partial charge >= 0.3 is 0 Å². The Balaban J connectivity index is 1.99. The molecule has 2 N–H and O–H groups in total. The lowest BCUT2D eigenvalue weighted by Gasteiger charge is -2.34. The van der Waals surface area contributed by atoms with Crippen LogP contribution in [0.4, 0.5) is 5.69 Å². The molecule has 0 bridgehead atoms. The van der Waals surface area contributed by atoms with E-state index in [0.717, 1.165) is 28.7 Å². The van der Waals surface area contributed by atoms with Crippen molar-refractivity contribution in [2.45, 2.75) is 45.2 Å². The third kappa shape index (κ3) is 3.48. The molecule has 0 aliphatic heterocycles. The molecule has 3 heteroatoms. The van der Waals surface area contributed by atoms with E-state index in [1.54, 1.807) is 0 Å². The summed E-state index contributed by atoms with van der Waals surface area (Å²) in [6.07, 6.45) is 5.45. The second kappa shape index (κ2) is 6.07. The van der Waals surface area contributed by atoms with Gasteiger partial charge in [0, 0.05) is 22.7 Å². The monoisotopic (exact) mass is 310 g/mol. The fourth-order valence-corrected chi connectivity index (χ4v) is 3.41. The SMILES string of the molecule is CC1CCCC(N(C)Cc2ccc(N)cc2Br)C1. The average Bonchev–Trinajstić information content (AvgIpc) is 2.32. The molecule has 0 heterocycles. The summed E-state index contributed by atoms with van der Waals surface area (Å²) in [6, 6.07) is 6.84. The first-order valence-corrected chi connectivity index (χ1v) is 7.59. The molecule has 0 spiro atoms. The zero-order valence-corrected chi connectivity index (χ0v) is 12.9. The Hall–Kier alpha value is -0.540. The van der Waals surface area contributed by atoms with Gasteiger partial charge in [-0.3, -0.25) is 4.90 Å². The molecule has 1 aliphatic carbocycles. The van der Waals surface area contributed by atoms with Crippen molar-refractivity contribution < 1.29 is 0 Å². The van der Waals surface area contributed by atoms with Crippen molar-refractivity contribution in [2.24, 2.45) is 5.92 Å². The van der Waals surface area contributed by atoms with Gasteiger partial charge in [0.25, 0.3) is 0 Å². The summed E-state index contributed by atoms with van der Waals surface area (Å²) >= 11 is 3.60. The number of nitrogen functional groups attached to an aromatic ring is 1. The van der Waals surface area contributed by atoms with Gasteiger partial charge in [-0.1, -0.05) is 41.8 Å². The average molecular weight is 311 g/mol. The van der Waals surface area contributed by atoms with E-state index in [0.29, 0.717) is 0 Å². The van der Waals surface area contributed by atoms with E-state index in [1.807, 2.05) is 12.1 Å². The van der Waals surface area contributed by atoms with Crippen molar-refractivity contribution in [3.63, 3.8) is 0 Å². The van der Waals surface area contributed by atoms with Gasteiger partial charge in [-0.05, 0) is 43.5 Å². The standard InChI is InChI=1S/C15H23BrN2/c1-11-4-3-5-14(8-11)18(2)10-12-6-7-13(17)9-15(12)16/h6-7,9,11,14H,3-5,8,10,17H2,1-2H3. The van der Waals surface area contributed by atoms with E-state index in [4.69, 9.17) is 5.73 Å². The molecule has 18 heavy (non-hydrogen) atoms. The first-order chi connectivity index (χ1) is 8.56. The Kier molecular flexibility index (Phi) is 4.68. The molecule has 100 valence electrons. The number of halogens is 1. The van der Waals surface area contributed by atoms with Gasteiger partial charge in [0.15, 0.2) is 0 Å². The highest BCUT2D eigenvalue weighted by Gasteiger charge is 2.22. The van der Waals surface area contributed by atoms with Crippen LogP contribution in [0.5, 0.6) is 0 Å². The van der Waals surface area contributed by atoms with Crippen LogP contribution in [-0.4, -0.2) is 18.0 Å². The van der Waals surface area contributed by atoms with E-state index in [1.165, 1.54) is 31.2 Å². The van der Waals surface area contributed by atoms with Crippen LogP contribution in [0.25, 0.3) is 0 Å². The minimum Gasteiger partial charge on any atom is -0.399 e. The highest BCUT2D eigenvalue weighted by Crippen LogP contribution is 2.28. The molecule has 0 aromatic heterocycles. The molecule has 0 amide bonds. The predicted molar refractivity (Wildman–Crippen MR) is 81.4 cm³/mol. The van der Waals surface area contributed by atoms with Crippen LogP contribution < -0.4 is 5.73 Å². The van der Waals surface area contributed by atoms with Crippen molar-refractivity contribution >= 4 is 21.6 Å². The Labute approximate surface area is 119 Å². The van der Waals surface area contributed by atoms with E-state index < -0.39 is 0 Å². The predicted octanol–water partition coefficient (Wildman–Crippen LogP) is 4.04. The summed E-state index contributed by atoms with van der Waals surface area (Å²) in [5.74, 6) is 0.876. The van der Waals surface area contributed by atoms with Crippen LogP contribution in [0.3, 0.4) is 0 Å². The molecular formula is C15H23BrN2.